The van der Waals surface area contributed by atoms with Gasteiger partial charge in [-0.25, -0.2) is 32.4 Å². The predicted molar refractivity (Wildman–Crippen MR) is 139 cm³/mol. The van der Waals surface area contributed by atoms with Gasteiger partial charge in [0.05, 0.1) is 28.5 Å². The van der Waals surface area contributed by atoms with Crippen LogP contribution in [0.1, 0.15) is 24.4 Å². The number of nitrogens with two attached hydrogens (primary N) is 1. The normalized spacial score (nSPS) is 15.9. The molecule has 0 radical (unpaired) electrons. The van der Waals surface area contributed by atoms with Crippen LogP contribution in [0.15, 0.2) is 90.0 Å². The van der Waals surface area contributed by atoms with E-state index in [9.17, 15) is 12.8 Å². The Labute approximate surface area is 213 Å². The minimum absolute atomic E-state index is 0.0248. The first-order valence-electron chi connectivity index (χ1n) is 11.8. The van der Waals surface area contributed by atoms with Gasteiger partial charge in [-0.15, -0.1) is 5.10 Å². The van der Waals surface area contributed by atoms with Gasteiger partial charge in [-0.1, -0.05) is 30.3 Å². The lowest BCUT2D eigenvalue weighted by Gasteiger charge is -2.26. The van der Waals surface area contributed by atoms with E-state index in [4.69, 9.17) is 15.2 Å². The van der Waals surface area contributed by atoms with E-state index in [-0.39, 0.29) is 16.8 Å². The summed E-state index contributed by atoms with van der Waals surface area (Å²) < 4.78 is 39.3. The lowest BCUT2D eigenvalue weighted by molar-refractivity contribution is 0.598. The first kappa shape index (κ1) is 23.3. The van der Waals surface area contributed by atoms with Gasteiger partial charge in [0, 0.05) is 12.1 Å². The van der Waals surface area contributed by atoms with Crippen molar-refractivity contribution in [3.05, 3.63) is 96.4 Å². The second-order valence-corrected chi connectivity index (χ2v) is 10.6. The highest BCUT2D eigenvalue weighted by Crippen LogP contribution is 2.36. The molecule has 5 aromatic rings. The molecule has 1 atom stereocenters. The zero-order valence-electron chi connectivity index (χ0n) is 19.7. The second-order valence-electron chi connectivity index (χ2n) is 8.99. The third-order valence-corrected chi connectivity index (χ3v) is 7.51. The van der Waals surface area contributed by atoms with Crippen molar-refractivity contribution in [1.29, 1.82) is 0 Å². The van der Waals surface area contributed by atoms with Crippen molar-refractivity contribution in [2.75, 3.05) is 11.4 Å². The number of aromatic nitrogens is 4. The number of primary sulfonamides is 1. The summed E-state index contributed by atoms with van der Waals surface area (Å²) in [5, 5.41) is 10.2. The number of anilines is 1. The van der Waals surface area contributed by atoms with Crippen LogP contribution in [-0.4, -0.2) is 34.5 Å². The summed E-state index contributed by atoms with van der Waals surface area (Å²) in [4.78, 5) is 11.5. The Morgan fingerprint density at radius 3 is 2.59 bits per heavy atom. The number of imidazole rings is 1. The molecule has 6 rings (SSSR count). The quantitative estimate of drug-likeness (QED) is 0.368. The Morgan fingerprint density at radius 1 is 0.946 bits per heavy atom. The molecule has 4 heterocycles. The van der Waals surface area contributed by atoms with E-state index in [2.05, 4.69) is 9.88 Å². The second kappa shape index (κ2) is 9.06. The van der Waals surface area contributed by atoms with Crippen LogP contribution < -0.4 is 10.0 Å². The largest absolute Gasteiger partial charge is 0.348 e. The first-order valence-corrected chi connectivity index (χ1v) is 13.4. The van der Waals surface area contributed by atoms with Crippen LogP contribution in [0.4, 0.5) is 10.2 Å². The Bertz CT molecular complexity index is 1740. The Hall–Kier alpha value is -4.15. The fraction of sp³-hybridized carbons (Fsp3) is 0.148. The Balaban J connectivity index is 1.38. The van der Waals surface area contributed by atoms with Crippen molar-refractivity contribution in [3.8, 4) is 22.6 Å². The van der Waals surface area contributed by atoms with Crippen LogP contribution in [0.3, 0.4) is 0 Å². The Kier molecular flexibility index (Phi) is 5.69. The highest BCUT2D eigenvalue weighted by Gasteiger charge is 2.28. The summed E-state index contributed by atoms with van der Waals surface area (Å²) in [7, 11) is -3.83. The number of halogens is 1. The van der Waals surface area contributed by atoms with Gasteiger partial charge in [0.25, 0.3) is 0 Å². The van der Waals surface area contributed by atoms with Crippen molar-refractivity contribution in [2.45, 2.75) is 23.8 Å². The summed E-state index contributed by atoms with van der Waals surface area (Å²) >= 11 is 0. The number of benzene rings is 2. The molecule has 0 saturated carbocycles. The van der Waals surface area contributed by atoms with Crippen molar-refractivity contribution in [2.24, 2.45) is 5.14 Å². The summed E-state index contributed by atoms with van der Waals surface area (Å²) in [6, 6.07) is 22.5. The molecular weight excluding hydrogens is 491 g/mol. The fourth-order valence-electron chi connectivity index (χ4n) is 4.86. The van der Waals surface area contributed by atoms with Gasteiger partial charge in [-0.2, -0.15) is 0 Å². The Morgan fingerprint density at radius 2 is 1.76 bits per heavy atom. The van der Waals surface area contributed by atoms with Gasteiger partial charge < -0.3 is 4.90 Å². The van der Waals surface area contributed by atoms with Gasteiger partial charge in [0.15, 0.2) is 5.65 Å². The number of nitrogens with zero attached hydrogens (tertiary/aromatic N) is 5. The van der Waals surface area contributed by atoms with Gasteiger partial charge >= 0.3 is 0 Å². The number of hydrogen-bond acceptors (Lipinski definition) is 6. The van der Waals surface area contributed by atoms with Crippen LogP contribution >= 0.6 is 0 Å². The van der Waals surface area contributed by atoms with Crippen LogP contribution in [0.2, 0.25) is 0 Å². The van der Waals surface area contributed by atoms with Crippen LogP contribution in [-0.2, 0) is 10.0 Å². The summed E-state index contributed by atoms with van der Waals surface area (Å²) in [5.41, 5.74) is 4.16. The maximum absolute atomic E-state index is 13.9. The topological polar surface area (TPSA) is 106 Å². The van der Waals surface area contributed by atoms with Crippen molar-refractivity contribution in [3.63, 3.8) is 0 Å². The van der Waals surface area contributed by atoms with Gasteiger partial charge in [-0.05, 0) is 66.9 Å². The molecule has 2 N–H and O–H groups in total. The van der Waals surface area contributed by atoms with Crippen molar-refractivity contribution >= 4 is 21.5 Å². The zero-order valence-corrected chi connectivity index (χ0v) is 20.5. The van der Waals surface area contributed by atoms with Crippen LogP contribution in [0.25, 0.3) is 28.3 Å². The van der Waals surface area contributed by atoms with E-state index in [1.54, 1.807) is 35.0 Å². The summed E-state index contributed by atoms with van der Waals surface area (Å²) in [5.74, 6) is 0.528. The average Bonchev–Trinajstić information content (AvgIpc) is 3.56. The molecular formula is C27H23FN6O2S. The van der Waals surface area contributed by atoms with Gasteiger partial charge in [-0.3, -0.25) is 0 Å². The van der Waals surface area contributed by atoms with E-state index < -0.39 is 10.0 Å². The predicted octanol–water partition coefficient (Wildman–Crippen LogP) is 4.59. The highest BCUT2D eigenvalue weighted by atomic mass is 32.2. The van der Waals surface area contributed by atoms with Crippen LogP contribution in [0, 0.1) is 5.82 Å². The smallest absolute Gasteiger partial charge is 0.238 e. The van der Waals surface area contributed by atoms with E-state index >= 15 is 0 Å². The summed E-state index contributed by atoms with van der Waals surface area (Å²) in [6.07, 6.45) is 3.62. The SMILES string of the molecule is NS(=O)(=O)c1cccc(-c2cccc(-c3cnc4ccc(N5CCCC5c5cccc(F)c5)nn34)n2)c1. The summed E-state index contributed by atoms with van der Waals surface area (Å²) in [6.45, 7) is 0.817. The molecule has 1 aliphatic heterocycles. The molecule has 0 spiro atoms. The fourth-order valence-corrected chi connectivity index (χ4v) is 5.42. The number of hydrogen-bond donors (Lipinski definition) is 1. The first-order chi connectivity index (χ1) is 17.9. The zero-order chi connectivity index (χ0) is 25.6. The molecule has 186 valence electrons. The molecule has 10 heteroatoms. The van der Waals surface area contributed by atoms with E-state index in [1.807, 2.05) is 36.4 Å². The minimum atomic E-state index is -3.83. The molecule has 37 heavy (non-hydrogen) atoms. The molecule has 3 aromatic heterocycles. The monoisotopic (exact) mass is 514 g/mol. The molecule has 0 bridgehead atoms. The number of rotatable bonds is 5. The molecule has 2 aromatic carbocycles. The highest BCUT2D eigenvalue weighted by molar-refractivity contribution is 7.89. The van der Waals surface area contributed by atoms with E-state index in [0.717, 1.165) is 30.8 Å². The molecule has 1 unspecified atom stereocenters. The maximum Gasteiger partial charge on any atom is 0.238 e. The molecule has 1 fully saturated rings. The number of pyridine rings is 1. The molecule has 0 aliphatic carbocycles. The number of fused-ring (bicyclic) bond motifs is 1. The lowest BCUT2D eigenvalue weighted by Crippen LogP contribution is -2.24. The van der Waals surface area contributed by atoms with Gasteiger partial charge in [0.1, 0.15) is 17.3 Å². The lowest BCUT2D eigenvalue weighted by atomic mass is 10.0. The van der Waals surface area contributed by atoms with Gasteiger partial charge in [0.2, 0.25) is 10.0 Å². The molecule has 0 amide bonds. The van der Waals surface area contributed by atoms with E-state index in [0.29, 0.717) is 28.3 Å². The third-order valence-electron chi connectivity index (χ3n) is 6.60. The average molecular weight is 515 g/mol. The number of sulfonamides is 1. The standard InChI is InChI=1S/C27H23FN6O2S/c28-20-7-1-6-19(15-20)24-11-4-14-33(24)27-13-12-26-30-17-25(34(26)32-27)23-10-3-9-22(31-23)18-5-2-8-21(16-18)37(29,35)36/h1-3,5-10,12-13,15-17,24H,4,11,14H2,(H2,29,35,36). The molecule has 1 saturated heterocycles. The molecule has 1 aliphatic rings. The maximum atomic E-state index is 13.9. The van der Waals surface area contributed by atoms with E-state index in [1.165, 1.54) is 18.2 Å². The molecule has 8 nitrogen and oxygen atoms in total. The van der Waals surface area contributed by atoms with Crippen molar-refractivity contribution < 1.29 is 12.8 Å². The van der Waals surface area contributed by atoms with Crippen LogP contribution in [0.5, 0.6) is 0 Å². The third kappa shape index (κ3) is 4.45. The minimum Gasteiger partial charge on any atom is -0.348 e. The van der Waals surface area contributed by atoms with Crippen molar-refractivity contribution in [1.82, 2.24) is 19.6 Å².